The lowest BCUT2D eigenvalue weighted by Gasteiger charge is -2.37. The van der Waals surface area contributed by atoms with Crippen molar-refractivity contribution in [3.63, 3.8) is 0 Å². The Kier molecular flexibility index (Phi) is 6.88. The van der Waals surface area contributed by atoms with Gasteiger partial charge in [0.05, 0.1) is 16.8 Å². The van der Waals surface area contributed by atoms with Crippen LogP contribution < -0.4 is 0 Å². The molecular weight excluding hydrogens is 508 g/mol. The van der Waals surface area contributed by atoms with Gasteiger partial charge in [0, 0.05) is 22.0 Å². The Labute approximate surface area is 216 Å². The van der Waals surface area contributed by atoms with Crippen LogP contribution in [-0.4, -0.2) is 16.2 Å². The molecule has 1 atom stereocenters. The Morgan fingerprint density at radius 3 is 2.50 bits per heavy atom. The molecule has 0 N–H and O–H groups in total. The number of nitrogens with zero attached hydrogens (tertiary/aromatic N) is 2. The molecule has 0 aliphatic heterocycles. The van der Waals surface area contributed by atoms with Crippen molar-refractivity contribution in [2.24, 2.45) is 0 Å². The minimum absolute atomic E-state index is 0.209. The van der Waals surface area contributed by atoms with Gasteiger partial charge in [-0.15, -0.1) is 0 Å². The Morgan fingerprint density at radius 2 is 1.81 bits per heavy atom. The Bertz CT molecular complexity index is 1400. The fraction of sp³-hybridized carbons (Fsp3) is 0.250. The second kappa shape index (κ2) is 9.94. The molecule has 1 aliphatic rings. The Hall–Kier alpha value is -2.77. The molecule has 2 nitrogen and oxygen atoms in total. The molecular formula is C28H23ClF4N2S. The summed E-state index contributed by atoms with van der Waals surface area (Å²) >= 11 is 7.53. The van der Waals surface area contributed by atoms with Gasteiger partial charge in [0.15, 0.2) is 5.16 Å². The van der Waals surface area contributed by atoms with Gasteiger partial charge >= 0.3 is 0 Å². The third-order valence-electron chi connectivity index (χ3n) is 6.82. The van der Waals surface area contributed by atoms with Crippen LogP contribution in [0.15, 0.2) is 65.8 Å². The highest BCUT2D eigenvalue weighted by molar-refractivity contribution is 7.98. The molecule has 4 aromatic rings. The molecule has 36 heavy (non-hydrogen) atoms. The predicted octanol–water partition coefficient (Wildman–Crippen LogP) is 8.14. The van der Waals surface area contributed by atoms with Gasteiger partial charge in [0.1, 0.15) is 24.1 Å². The molecule has 0 spiro atoms. The number of imidazole rings is 1. The highest BCUT2D eigenvalue weighted by Crippen LogP contribution is 2.46. The number of alkyl halides is 1. The lowest BCUT2D eigenvalue weighted by molar-refractivity contribution is 0.302. The van der Waals surface area contributed by atoms with E-state index >= 15 is 4.39 Å². The quantitative estimate of drug-likeness (QED) is 0.185. The number of fused-ring (bicyclic) bond motifs is 1. The first kappa shape index (κ1) is 24.9. The van der Waals surface area contributed by atoms with Crippen molar-refractivity contribution < 1.29 is 17.6 Å². The van der Waals surface area contributed by atoms with E-state index in [1.54, 1.807) is 43.3 Å². The van der Waals surface area contributed by atoms with Crippen LogP contribution in [0, 0.1) is 24.4 Å². The number of thioether (sulfide) groups is 1. The van der Waals surface area contributed by atoms with Crippen molar-refractivity contribution in [2.45, 2.75) is 42.5 Å². The van der Waals surface area contributed by atoms with Crippen LogP contribution in [0.5, 0.6) is 0 Å². The highest BCUT2D eigenvalue weighted by Gasteiger charge is 2.43. The molecule has 186 valence electrons. The average Bonchev–Trinajstić information content (AvgIpc) is 3.25. The van der Waals surface area contributed by atoms with E-state index in [2.05, 4.69) is 0 Å². The SMILES string of the molecule is Cc1cc(C2(CF)CCCc3nc(SCc4c(F)cccc4Cl)n(-c4ccc(F)cc4)c32)ccc1F. The molecule has 1 heterocycles. The van der Waals surface area contributed by atoms with Crippen molar-refractivity contribution in [2.75, 3.05) is 6.67 Å². The molecule has 1 unspecified atom stereocenters. The standard InChI is InChI=1S/C28H23ClF4N2S/c1-17-14-18(7-12-23(17)32)28(16-30)13-3-6-25-26(28)35(20-10-8-19(31)9-11-20)27(34-25)36-15-21-22(29)4-2-5-24(21)33/h2,4-5,7-12,14H,3,6,13,15-16H2,1H3. The monoisotopic (exact) mass is 530 g/mol. The topological polar surface area (TPSA) is 17.8 Å². The fourth-order valence-electron chi connectivity index (χ4n) is 4.95. The highest BCUT2D eigenvalue weighted by atomic mass is 35.5. The molecule has 1 aromatic heterocycles. The first-order valence-corrected chi connectivity index (χ1v) is 13.0. The molecule has 0 radical (unpaired) electrons. The Balaban J connectivity index is 1.69. The Morgan fingerprint density at radius 1 is 1.03 bits per heavy atom. The summed E-state index contributed by atoms with van der Waals surface area (Å²) < 4.78 is 59.4. The molecule has 3 aromatic carbocycles. The van der Waals surface area contributed by atoms with E-state index in [-0.39, 0.29) is 11.6 Å². The zero-order chi connectivity index (χ0) is 25.4. The van der Waals surface area contributed by atoms with Gasteiger partial charge in [-0.25, -0.2) is 22.5 Å². The summed E-state index contributed by atoms with van der Waals surface area (Å²) in [6.07, 6.45) is 1.86. The second-order valence-corrected chi connectivity index (χ2v) is 10.4. The summed E-state index contributed by atoms with van der Waals surface area (Å²) in [5.41, 5.74) is 2.41. The largest absolute Gasteiger partial charge is 0.291 e. The average molecular weight is 531 g/mol. The van der Waals surface area contributed by atoms with Gasteiger partial charge < -0.3 is 0 Å². The number of aryl methyl sites for hydroxylation is 2. The van der Waals surface area contributed by atoms with Crippen LogP contribution in [0.2, 0.25) is 5.02 Å². The van der Waals surface area contributed by atoms with Crippen LogP contribution in [0.1, 0.15) is 40.9 Å². The van der Waals surface area contributed by atoms with Gasteiger partial charge in [-0.1, -0.05) is 41.6 Å². The van der Waals surface area contributed by atoms with Crippen LogP contribution >= 0.6 is 23.4 Å². The predicted molar refractivity (Wildman–Crippen MR) is 135 cm³/mol. The molecule has 0 bridgehead atoms. The summed E-state index contributed by atoms with van der Waals surface area (Å²) in [4.78, 5) is 4.86. The van der Waals surface area contributed by atoms with Crippen LogP contribution in [0.4, 0.5) is 17.6 Å². The smallest absolute Gasteiger partial charge is 0.173 e. The van der Waals surface area contributed by atoms with Gasteiger partial charge in [-0.05, 0) is 79.8 Å². The number of hydrogen-bond donors (Lipinski definition) is 0. The summed E-state index contributed by atoms with van der Waals surface area (Å²) in [7, 11) is 0. The first-order chi connectivity index (χ1) is 17.3. The normalized spacial score (nSPS) is 17.3. The molecule has 0 fully saturated rings. The maximum absolute atomic E-state index is 15.2. The maximum Gasteiger partial charge on any atom is 0.173 e. The van der Waals surface area contributed by atoms with E-state index in [4.69, 9.17) is 16.6 Å². The van der Waals surface area contributed by atoms with E-state index in [0.29, 0.717) is 57.5 Å². The zero-order valence-corrected chi connectivity index (χ0v) is 21.1. The molecule has 1 aliphatic carbocycles. The summed E-state index contributed by atoms with van der Waals surface area (Å²) in [6.45, 7) is 0.951. The molecule has 0 amide bonds. The van der Waals surface area contributed by atoms with Crippen molar-refractivity contribution in [1.82, 2.24) is 9.55 Å². The van der Waals surface area contributed by atoms with Crippen LogP contribution in [-0.2, 0) is 17.6 Å². The maximum atomic E-state index is 15.2. The first-order valence-electron chi connectivity index (χ1n) is 11.6. The van der Waals surface area contributed by atoms with Gasteiger partial charge in [-0.3, -0.25) is 4.57 Å². The van der Waals surface area contributed by atoms with Crippen molar-refractivity contribution in [3.8, 4) is 5.69 Å². The molecule has 5 rings (SSSR count). The number of benzene rings is 3. The third-order valence-corrected chi connectivity index (χ3v) is 8.14. The minimum Gasteiger partial charge on any atom is -0.291 e. The van der Waals surface area contributed by atoms with E-state index in [1.807, 2.05) is 4.57 Å². The lowest BCUT2D eigenvalue weighted by Crippen LogP contribution is -2.36. The fourth-order valence-corrected chi connectivity index (χ4v) is 6.32. The molecule has 0 saturated carbocycles. The van der Waals surface area contributed by atoms with E-state index < -0.39 is 23.7 Å². The summed E-state index contributed by atoms with van der Waals surface area (Å²) in [6, 6.07) is 15.1. The zero-order valence-electron chi connectivity index (χ0n) is 19.5. The van der Waals surface area contributed by atoms with Crippen molar-refractivity contribution >= 4 is 23.4 Å². The van der Waals surface area contributed by atoms with Crippen molar-refractivity contribution in [1.29, 1.82) is 0 Å². The van der Waals surface area contributed by atoms with E-state index in [0.717, 1.165) is 5.69 Å². The van der Waals surface area contributed by atoms with Crippen LogP contribution in [0.3, 0.4) is 0 Å². The number of aromatic nitrogens is 2. The van der Waals surface area contributed by atoms with E-state index in [1.165, 1.54) is 36.0 Å². The van der Waals surface area contributed by atoms with Gasteiger partial charge in [0.25, 0.3) is 0 Å². The number of halogens is 5. The summed E-state index contributed by atoms with van der Waals surface area (Å²) in [5, 5.41) is 0.844. The second-order valence-electron chi connectivity index (χ2n) is 9.02. The summed E-state index contributed by atoms with van der Waals surface area (Å²) in [5.74, 6) is -0.958. The minimum atomic E-state index is -1.05. The number of rotatable bonds is 6. The van der Waals surface area contributed by atoms with Crippen molar-refractivity contribution in [3.05, 3.63) is 111 Å². The van der Waals surface area contributed by atoms with Gasteiger partial charge in [0.2, 0.25) is 0 Å². The van der Waals surface area contributed by atoms with Gasteiger partial charge in [-0.2, -0.15) is 0 Å². The molecule has 8 heteroatoms. The van der Waals surface area contributed by atoms with E-state index in [9.17, 15) is 13.2 Å². The number of hydrogen-bond acceptors (Lipinski definition) is 2. The third kappa shape index (κ3) is 4.33. The lowest BCUT2D eigenvalue weighted by atomic mass is 9.70. The molecule has 0 saturated heterocycles. The van der Waals surface area contributed by atoms with Crippen LogP contribution in [0.25, 0.3) is 5.69 Å².